The van der Waals surface area contributed by atoms with Gasteiger partial charge >= 0.3 is 0 Å². The van der Waals surface area contributed by atoms with Gasteiger partial charge in [-0.1, -0.05) is 48.5 Å². The van der Waals surface area contributed by atoms with Crippen molar-refractivity contribution in [1.29, 1.82) is 10.5 Å². The van der Waals surface area contributed by atoms with Crippen molar-refractivity contribution in [3.05, 3.63) is 79.3 Å². The number of anilines is 2. The number of hydrogen-bond donors (Lipinski definition) is 3. The van der Waals surface area contributed by atoms with Crippen LogP contribution in [0, 0.1) is 34.7 Å². The number of H-pyrrole nitrogens is 1. The van der Waals surface area contributed by atoms with E-state index in [1.807, 2.05) is 85.1 Å². The number of imidazole rings is 1. The molecule has 4 unspecified atom stereocenters. The molecule has 0 bridgehead atoms. The molecule has 0 spiro atoms. The minimum Gasteiger partial charge on any atom is -0.309 e. The third-order valence-corrected chi connectivity index (χ3v) is 7.95. The van der Waals surface area contributed by atoms with Crippen LogP contribution in [-0.4, -0.2) is 66.5 Å². The van der Waals surface area contributed by atoms with E-state index in [9.17, 15) is 9.59 Å². The van der Waals surface area contributed by atoms with Gasteiger partial charge in [0.1, 0.15) is 6.33 Å². The first kappa shape index (κ1) is 29.9. The fourth-order valence-corrected chi connectivity index (χ4v) is 5.46. The Balaban J connectivity index is 0.000000175. The molecule has 2 aromatic carbocycles. The second-order valence-corrected chi connectivity index (χ2v) is 11.1. The number of para-hydroxylation sites is 1. The molecule has 2 aromatic heterocycles. The minimum absolute atomic E-state index is 0.0806. The maximum absolute atomic E-state index is 12.3. The van der Waals surface area contributed by atoms with E-state index in [0.29, 0.717) is 37.6 Å². The highest BCUT2D eigenvalue weighted by Crippen LogP contribution is 2.25. The molecule has 0 saturated carbocycles. The number of hydrogen-bond acceptors (Lipinski definition) is 8. The Kier molecular flexibility index (Phi) is 9.21. The van der Waals surface area contributed by atoms with E-state index < -0.39 is 0 Å². The molecule has 2 amide bonds. The van der Waals surface area contributed by atoms with Gasteiger partial charge in [-0.2, -0.15) is 15.6 Å². The number of likely N-dealkylation sites (tertiary alicyclic amines) is 2. The Hall–Kier alpha value is -5.62. The zero-order chi connectivity index (χ0) is 31.1. The molecule has 6 rings (SSSR count). The van der Waals surface area contributed by atoms with Crippen LogP contribution in [0.5, 0.6) is 0 Å². The molecule has 2 aliphatic rings. The van der Waals surface area contributed by atoms with Crippen molar-refractivity contribution in [3.63, 3.8) is 0 Å². The lowest BCUT2D eigenvalue weighted by Crippen LogP contribution is -2.25. The van der Waals surface area contributed by atoms with E-state index in [1.54, 1.807) is 22.3 Å². The molecule has 44 heavy (non-hydrogen) atoms. The Morgan fingerprint density at radius 3 is 1.93 bits per heavy atom. The van der Waals surface area contributed by atoms with Gasteiger partial charge in [-0.3, -0.25) is 14.7 Å². The van der Waals surface area contributed by atoms with Crippen LogP contribution >= 0.6 is 0 Å². The van der Waals surface area contributed by atoms with Gasteiger partial charge in [0.25, 0.3) is 0 Å². The average Bonchev–Trinajstić information content (AvgIpc) is 3.85. The summed E-state index contributed by atoms with van der Waals surface area (Å²) in [5.74, 6) is 0.519. The Labute approximate surface area is 255 Å². The topological polar surface area (TPSA) is 159 Å². The molecule has 4 aromatic rings. The van der Waals surface area contributed by atoms with E-state index in [4.69, 9.17) is 10.5 Å². The van der Waals surface area contributed by atoms with E-state index in [1.165, 1.54) is 0 Å². The summed E-state index contributed by atoms with van der Waals surface area (Å²) in [6, 6.07) is 21.6. The van der Waals surface area contributed by atoms with Gasteiger partial charge in [-0.15, -0.1) is 0 Å². The molecule has 2 fully saturated rings. The first-order valence-electron chi connectivity index (χ1n) is 14.5. The van der Waals surface area contributed by atoms with Crippen LogP contribution in [0.1, 0.15) is 26.7 Å². The second-order valence-electron chi connectivity index (χ2n) is 11.1. The highest BCUT2D eigenvalue weighted by atomic mass is 16.2. The number of aromatic amines is 1. The smallest absolute Gasteiger partial charge is 0.230 e. The van der Waals surface area contributed by atoms with Gasteiger partial charge in [0.05, 0.1) is 23.7 Å². The van der Waals surface area contributed by atoms with E-state index in [-0.39, 0.29) is 35.7 Å². The third-order valence-electron chi connectivity index (χ3n) is 7.95. The van der Waals surface area contributed by atoms with Crippen molar-refractivity contribution in [1.82, 2.24) is 29.5 Å². The summed E-state index contributed by atoms with van der Waals surface area (Å²) in [4.78, 5) is 32.0. The van der Waals surface area contributed by atoms with Crippen LogP contribution in [0.15, 0.2) is 79.3 Å². The van der Waals surface area contributed by atoms with Crippen LogP contribution in [0.3, 0.4) is 0 Å². The molecular formula is C32H34N10O2. The summed E-state index contributed by atoms with van der Waals surface area (Å²) in [6.07, 6.45) is 9.08. The Morgan fingerprint density at radius 1 is 0.841 bits per heavy atom. The number of aromatic nitrogens is 4. The lowest BCUT2D eigenvalue weighted by molar-refractivity contribution is -0.120. The highest BCUT2D eigenvalue weighted by molar-refractivity contribution is 5.93. The monoisotopic (exact) mass is 590 g/mol. The lowest BCUT2D eigenvalue weighted by Gasteiger charge is -2.11. The van der Waals surface area contributed by atoms with Crippen LogP contribution in [0.2, 0.25) is 0 Å². The number of nitriles is 2. The molecule has 0 aliphatic carbocycles. The standard InChI is InChI=1S/2C16H17N5O/c1-12-7-13(8-20(12)10-17)16(22)19-15-9-21(11-18-15)14-5-3-2-4-6-14;1-11-7-13(9-21(11)10-17)16(22)18-15-8-14(19-20-15)12-5-3-2-4-6-12/h2-6,9,11-13H,7-8H2,1H3,(H,19,22);2-6,8,11,13H,7,9H2,1H3,(H2,18,19,20,22). The number of nitrogens with one attached hydrogen (secondary N) is 3. The SMILES string of the molecule is CC1CC(C(=O)Nc2cc(-c3ccccc3)[nH]n2)CN1C#N.CC1CC(C(=O)Nc2cn(-c3ccccc3)cn2)CN1C#N. The Bertz CT molecular complexity index is 1530. The van der Waals surface area contributed by atoms with Crippen LogP contribution in [0.4, 0.5) is 11.6 Å². The quantitative estimate of drug-likeness (QED) is 0.282. The number of rotatable bonds is 6. The minimum atomic E-state index is -0.175. The molecule has 0 radical (unpaired) electrons. The van der Waals surface area contributed by atoms with Gasteiger partial charge in [0.2, 0.25) is 11.8 Å². The summed E-state index contributed by atoms with van der Waals surface area (Å²) < 4.78 is 1.86. The first-order valence-corrected chi connectivity index (χ1v) is 14.5. The maximum atomic E-state index is 12.3. The van der Waals surface area contributed by atoms with Crippen LogP contribution in [0.25, 0.3) is 16.9 Å². The molecule has 12 nitrogen and oxygen atoms in total. The van der Waals surface area contributed by atoms with Crippen molar-refractivity contribution < 1.29 is 9.59 Å². The number of carbonyl (C=O) groups excluding carboxylic acids is 2. The maximum Gasteiger partial charge on any atom is 0.230 e. The predicted octanol–water partition coefficient (Wildman–Crippen LogP) is 4.21. The third kappa shape index (κ3) is 7.05. The second kappa shape index (κ2) is 13.6. The van der Waals surface area contributed by atoms with Gasteiger partial charge < -0.3 is 25.0 Å². The predicted molar refractivity (Wildman–Crippen MR) is 165 cm³/mol. The van der Waals surface area contributed by atoms with Crippen LogP contribution in [-0.2, 0) is 9.59 Å². The van der Waals surface area contributed by atoms with Gasteiger partial charge in [-0.05, 0) is 44.4 Å². The van der Waals surface area contributed by atoms with Gasteiger partial charge in [0, 0.05) is 36.9 Å². The molecule has 224 valence electrons. The normalized spacial score (nSPS) is 20.6. The Morgan fingerprint density at radius 2 is 1.39 bits per heavy atom. The molecular weight excluding hydrogens is 556 g/mol. The molecule has 12 heteroatoms. The zero-order valence-corrected chi connectivity index (χ0v) is 24.6. The van der Waals surface area contributed by atoms with Crippen molar-refractivity contribution in [2.24, 2.45) is 11.8 Å². The summed E-state index contributed by atoms with van der Waals surface area (Å²) in [5, 5.41) is 30.7. The molecule has 4 atom stereocenters. The molecule has 3 N–H and O–H groups in total. The average molecular weight is 591 g/mol. The van der Waals surface area contributed by atoms with Crippen molar-refractivity contribution in [2.75, 3.05) is 23.7 Å². The first-order chi connectivity index (χ1) is 21.3. The van der Waals surface area contributed by atoms with Crippen molar-refractivity contribution in [3.8, 4) is 29.3 Å². The van der Waals surface area contributed by atoms with Gasteiger partial charge in [-0.25, -0.2) is 4.98 Å². The summed E-state index contributed by atoms with van der Waals surface area (Å²) >= 11 is 0. The summed E-state index contributed by atoms with van der Waals surface area (Å²) in [5.41, 5.74) is 2.86. The van der Waals surface area contributed by atoms with Gasteiger partial charge in [0.15, 0.2) is 24.0 Å². The summed E-state index contributed by atoms with van der Waals surface area (Å²) in [7, 11) is 0. The number of amides is 2. The van der Waals surface area contributed by atoms with Crippen molar-refractivity contribution in [2.45, 2.75) is 38.8 Å². The lowest BCUT2D eigenvalue weighted by atomic mass is 10.1. The largest absolute Gasteiger partial charge is 0.309 e. The molecule has 2 saturated heterocycles. The fourth-order valence-electron chi connectivity index (χ4n) is 5.46. The number of benzene rings is 2. The fraction of sp³-hybridized carbons (Fsp3) is 0.312. The highest BCUT2D eigenvalue weighted by Gasteiger charge is 2.34. The summed E-state index contributed by atoms with van der Waals surface area (Å²) in [6.45, 7) is 4.86. The molecule has 4 heterocycles. The number of carbonyl (C=O) groups is 2. The van der Waals surface area contributed by atoms with E-state index in [0.717, 1.165) is 16.9 Å². The number of nitrogens with zero attached hydrogens (tertiary/aromatic N) is 7. The van der Waals surface area contributed by atoms with Crippen LogP contribution < -0.4 is 10.6 Å². The molecule has 2 aliphatic heterocycles. The van der Waals surface area contributed by atoms with Crippen molar-refractivity contribution >= 4 is 23.5 Å². The zero-order valence-electron chi connectivity index (χ0n) is 24.6. The van der Waals surface area contributed by atoms with E-state index >= 15 is 0 Å². The van der Waals surface area contributed by atoms with E-state index in [2.05, 4.69) is 38.2 Å².